The molecule has 2 nitrogen and oxygen atoms in total. The van der Waals surface area contributed by atoms with E-state index < -0.39 is 0 Å². The number of hydrogen-bond donors (Lipinski definition) is 1. The van der Waals surface area contributed by atoms with Crippen molar-refractivity contribution in [3.05, 3.63) is 40.9 Å². The normalized spacial score (nSPS) is 11.8. The number of nitrogens with two attached hydrogens (primary N) is 1. The minimum Gasteiger partial charge on any atom is -0.326 e. The molecule has 17 heavy (non-hydrogen) atoms. The fourth-order valence-corrected chi connectivity index (χ4v) is 2.94. The molecule has 0 spiro atoms. The maximum atomic E-state index is 5.81. The summed E-state index contributed by atoms with van der Waals surface area (Å²) in [6.45, 7) is 7.10. The second kappa shape index (κ2) is 4.59. The summed E-state index contributed by atoms with van der Waals surface area (Å²) in [5.74, 6) is 0. The number of rotatable bonds is 2. The molecule has 90 valence electrons. The average molecular weight is 246 g/mol. The van der Waals surface area contributed by atoms with Crippen LogP contribution in [0.1, 0.15) is 31.3 Å². The molecule has 3 heteroatoms. The fraction of sp³-hybridized carbons (Fsp3) is 0.357. The van der Waals surface area contributed by atoms with Gasteiger partial charge in [-0.15, -0.1) is 11.3 Å². The third-order valence-electron chi connectivity index (χ3n) is 2.61. The van der Waals surface area contributed by atoms with Gasteiger partial charge in [0, 0.05) is 22.4 Å². The van der Waals surface area contributed by atoms with Gasteiger partial charge in [-0.1, -0.05) is 51.1 Å². The van der Waals surface area contributed by atoms with Crippen LogP contribution in [0.2, 0.25) is 0 Å². The van der Waals surface area contributed by atoms with Crippen LogP contribution in [0.4, 0.5) is 0 Å². The Morgan fingerprint density at radius 2 is 1.82 bits per heavy atom. The SMILES string of the molecule is CC(C)(C)c1nc(-c2ccccc2)sc1CN. The summed E-state index contributed by atoms with van der Waals surface area (Å²) in [6.07, 6.45) is 0. The molecule has 0 fully saturated rings. The van der Waals surface area contributed by atoms with Crippen molar-refractivity contribution in [1.29, 1.82) is 0 Å². The zero-order chi connectivity index (χ0) is 12.5. The predicted octanol–water partition coefficient (Wildman–Crippen LogP) is 3.57. The lowest BCUT2D eigenvalue weighted by molar-refractivity contribution is 0.567. The smallest absolute Gasteiger partial charge is 0.123 e. The van der Waals surface area contributed by atoms with E-state index in [1.54, 1.807) is 11.3 Å². The first kappa shape index (κ1) is 12.3. The van der Waals surface area contributed by atoms with Gasteiger partial charge < -0.3 is 5.73 Å². The lowest BCUT2D eigenvalue weighted by Crippen LogP contribution is -2.15. The quantitative estimate of drug-likeness (QED) is 0.880. The summed E-state index contributed by atoms with van der Waals surface area (Å²) in [7, 11) is 0. The zero-order valence-corrected chi connectivity index (χ0v) is 11.3. The van der Waals surface area contributed by atoms with Crippen LogP contribution >= 0.6 is 11.3 Å². The molecule has 0 unspecified atom stereocenters. The van der Waals surface area contributed by atoms with Gasteiger partial charge in [-0.3, -0.25) is 0 Å². The Hall–Kier alpha value is -1.19. The Kier molecular flexibility index (Phi) is 3.31. The number of benzene rings is 1. The van der Waals surface area contributed by atoms with E-state index in [2.05, 4.69) is 32.9 Å². The molecular weight excluding hydrogens is 228 g/mol. The lowest BCUT2D eigenvalue weighted by Gasteiger charge is -2.16. The standard InChI is InChI=1S/C14H18N2S/c1-14(2,3)12-11(9-15)17-13(16-12)10-7-5-4-6-8-10/h4-8H,9,15H2,1-3H3. The summed E-state index contributed by atoms with van der Waals surface area (Å²) in [4.78, 5) is 5.95. The molecule has 1 heterocycles. The van der Waals surface area contributed by atoms with Crippen molar-refractivity contribution in [3.63, 3.8) is 0 Å². The summed E-state index contributed by atoms with van der Waals surface area (Å²) in [5, 5.41) is 1.07. The number of nitrogens with zero attached hydrogens (tertiary/aromatic N) is 1. The van der Waals surface area contributed by atoms with Gasteiger partial charge in [-0.05, 0) is 0 Å². The topological polar surface area (TPSA) is 38.9 Å². The molecule has 0 saturated heterocycles. The lowest BCUT2D eigenvalue weighted by atomic mass is 9.91. The van der Waals surface area contributed by atoms with E-state index in [0.717, 1.165) is 10.7 Å². The van der Waals surface area contributed by atoms with Crippen LogP contribution < -0.4 is 5.73 Å². The van der Waals surface area contributed by atoms with Crippen molar-refractivity contribution in [1.82, 2.24) is 4.98 Å². The highest BCUT2D eigenvalue weighted by atomic mass is 32.1. The monoisotopic (exact) mass is 246 g/mol. The molecule has 0 aliphatic carbocycles. The highest BCUT2D eigenvalue weighted by Gasteiger charge is 2.22. The van der Waals surface area contributed by atoms with Gasteiger partial charge in [0.15, 0.2) is 0 Å². The molecule has 1 aromatic heterocycles. The van der Waals surface area contributed by atoms with Crippen LogP contribution in [-0.2, 0) is 12.0 Å². The molecule has 2 aromatic rings. The van der Waals surface area contributed by atoms with Crippen molar-refractivity contribution >= 4 is 11.3 Å². The molecular formula is C14H18N2S. The van der Waals surface area contributed by atoms with Crippen LogP contribution in [0.15, 0.2) is 30.3 Å². The molecule has 0 amide bonds. The second-order valence-electron chi connectivity index (χ2n) is 5.11. The Bertz CT molecular complexity index is 495. The largest absolute Gasteiger partial charge is 0.326 e. The second-order valence-corrected chi connectivity index (χ2v) is 6.19. The third-order valence-corrected chi connectivity index (χ3v) is 3.74. The van der Waals surface area contributed by atoms with Crippen LogP contribution in [-0.4, -0.2) is 4.98 Å². The molecule has 0 atom stereocenters. The average Bonchev–Trinajstić information content (AvgIpc) is 2.74. The van der Waals surface area contributed by atoms with E-state index in [9.17, 15) is 0 Å². The molecule has 0 radical (unpaired) electrons. The minimum absolute atomic E-state index is 0.0538. The van der Waals surface area contributed by atoms with Crippen molar-refractivity contribution in [2.24, 2.45) is 5.73 Å². The molecule has 0 saturated carbocycles. The van der Waals surface area contributed by atoms with Crippen LogP contribution in [0.5, 0.6) is 0 Å². The summed E-state index contributed by atoms with van der Waals surface area (Å²) >= 11 is 1.70. The van der Waals surface area contributed by atoms with Gasteiger partial charge in [0.25, 0.3) is 0 Å². The molecule has 1 aromatic carbocycles. The molecule has 0 bridgehead atoms. The Balaban J connectivity index is 2.49. The predicted molar refractivity (Wildman–Crippen MR) is 74.1 cm³/mol. The Morgan fingerprint density at radius 1 is 1.18 bits per heavy atom. The zero-order valence-electron chi connectivity index (χ0n) is 10.5. The van der Waals surface area contributed by atoms with Gasteiger partial charge in [-0.2, -0.15) is 0 Å². The van der Waals surface area contributed by atoms with Crippen molar-refractivity contribution in [2.75, 3.05) is 0 Å². The first-order valence-corrected chi connectivity index (χ1v) is 6.59. The molecule has 0 aliphatic heterocycles. The van der Waals surface area contributed by atoms with Crippen molar-refractivity contribution in [2.45, 2.75) is 32.7 Å². The molecule has 2 rings (SSSR count). The van der Waals surface area contributed by atoms with Gasteiger partial charge in [0.2, 0.25) is 0 Å². The van der Waals surface area contributed by atoms with E-state index in [1.165, 1.54) is 10.4 Å². The Morgan fingerprint density at radius 3 is 2.29 bits per heavy atom. The maximum absolute atomic E-state index is 5.81. The van der Waals surface area contributed by atoms with E-state index in [1.807, 2.05) is 18.2 Å². The van der Waals surface area contributed by atoms with Gasteiger partial charge in [0.1, 0.15) is 5.01 Å². The highest BCUT2D eigenvalue weighted by molar-refractivity contribution is 7.15. The number of hydrogen-bond acceptors (Lipinski definition) is 3. The number of aromatic nitrogens is 1. The first-order valence-electron chi connectivity index (χ1n) is 5.78. The van der Waals surface area contributed by atoms with E-state index in [4.69, 9.17) is 10.7 Å². The Labute approximate surface area is 107 Å². The van der Waals surface area contributed by atoms with Crippen LogP contribution in [0.25, 0.3) is 10.6 Å². The van der Waals surface area contributed by atoms with Crippen LogP contribution in [0, 0.1) is 0 Å². The van der Waals surface area contributed by atoms with E-state index >= 15 is 0 Å². The van der Waals surface area contributed by atoms with Crippen molar-refractivity contribution in [3.8, 4) is 10.6 Å². The van der Waals surface area contributed by atoms with Gasteiger partial charge in [0.05, 0.1) is 5.69 Å². The van der Waals surface area contributed by atoms with Gasteiger partial charge in [-0.25, -0.2) is 4.98 Å². The van der Waals surface area contributed by atoms with Crippen molar-refractivity contribution < 1.29 is 0 Å². The summed E-state index contributed by atoms with van der Waals surface area (Å²) in [5.41, 5.74) is 8.16. The number of thiazole rings is 1. The van der Waals surface area contributed by atoms with Gasteiger partial charge >= 0.3 is 0 Å². The first-order chi connectivity index (χ1) is 8.02. The fourth-order valence-electron chi connectivity index (χ4n) is 1.78. The summed E-state index contributed by atoms with van der Waals surface area (Å²) < 4.78 is 0. The third kappa shape index (κ3) is 2.56. The van der Waals surface area contributed by atoms with E-state index in [0.29, 0.717) is 6.54 Å². The minimum atomic E-state index is 0.0538. The van der Waals surface area contributed by atoms with E-state index in [-0.39, 0.29) is 5.41 Å². The molecule has 2 N–H and O–H groups in total. The van der Waals surface area contributed by atoms with Crippen LogP contribution in [0.3, 0.4) is 0 Å². The maximum Gasteiger partial charge on any atom is 0.123 e. The summed E-state index contributed by atoms with van der Waals surface area (Å²) in [6, 6.07) is 10.3. The highest BCUT2D eigenvalue weighted by Crippen LogP contribution is 2.33. The molecule has 0 aliphatic rings.